The van der Waals surface area contributed by atoms with E-state index >= 15 is 0 Å². The first-order chi connectivity index (χ1) is 13.7. The standard InChI is InChI=1S/C24H34N2O3/c1-5-26(13-20(27)25-18-7-6-8-19(9-18)29-4)21(28)24-12-17-10-22(2,15-24)14-23(3,11-17)16-24/h6-9,17H,5,10-16H2,1-4H3,(H,25,27). The molecule has 4 fully saturated rings. The quantitative estimate of drug-likeness (QED) is 0.769. The molecule has 2 amide bonds. The highest BCUT2D eigenvalue weighted by Gasteiger charge is 2.63. The zero-order chi connectivity index (χ0) is 20.9. The Bertz CT molecular complexity index is 802. The summed E-state index contributed by atoms with van der Waals surface area (Å²) in [6, 6.07) is 7.30. The van der Waals surface area contributed by atoms with Crippen LogP contribution < -0.4 is 10.1 Å². The summed E-state index contributed by atoms with van der Waals surface area (Å²) in [4.78, 5) is 28.2. The van der Waals surface area contributed by atoms with Crippen LogP contribution >= 0.6 is 0 Å². The summed E-state index contributed by atoms with van der Waals surface area (Å²) in [5.74, 6) is 1.40. The Kier molecular flexibility index (Phi) is 4.91. The molecule has 0 aromatic heterocycles. The summed E-state index contributed by atoms with van der Waals surface area (Å²) in [6.45, 7) is 7.39. The number of anilines is 1. The van der Waals surface area contributed by atoms with Gasteiger partial charge in [-0.15, -0.1) is 0 Å². The lowest BCUT2D eigenvalue weighted by Crippen LogP contribution is -2.60. The van der Waals surface area contributed by atoms with Crippen LogP contribution in [0.2, 0.25) is 0 Å². The van der Waals surface area contributed by atoms with Crippen LogP contribution in [-0.2, 0) is 9.59 Å². The van der Waals surface area contributed by atoms with E-state index < -0.39 is 0 Å². The summed E-state index contributed by atoms with van der Waals surface area (Å²) in [6.07, 6.45) is 6.75. The molecule has 29 heavy (non-hydrogen) atoms. The van der Waals surface area contributed by atoms with E-state index in [4.69, 9.17) is 4.74 Å². The molecule has 0 radical (unpaired) electrons. The van der Waals surface area contributed by atoms with Crippen LogP contribution in [-0.4, -0.2) is 36.9 Å². The maximum Gasteiger partial charge on any atom is 0.243 e. The van der Waals surface area contributed by atoms with Gasteiger partial charge in [0, 0.05) is 18.3 Å². The molecule has 4 bridgehead atoms. The predicted molar refractivity (Wildman–Crippen MR) is 114 cm³/mol. The fraction of sp³-hybridized carbons (Fsp3) is 0.667. The Morgan fingerprint density at radius 3 is 2.41 bits per heavy atom. The molecule has 2 unspecified atom stereocenters. The molecule has 0 heterocycles. The van der Waals surface area contributed by atoms with Crippen molar-refractivity contribution in [2.24, 2.45) is 22.2 Å². The largest absolute Gasteiger partial charge is 0.497 e. The maximum absolute atomic E-state index is 13.7. The predicted octanol–water partition coefficient (Wildman–Crippen LogP) is 4.48. The zero-order valence-electron chi connectivity index (χ0n) is 18.2. The third kappa shape index (κ3) is 3.76. The van der Waals surface area contributed by atoms with Crippen molar-refractivity contribution in [1.82, 2.24) is 4.90 Å². The van der Waals surface area contributed by atoms with E-state index in [0.29, 0.717) is 23.9 Å². The minimum atomic E-state index is -0.269. The summed E-state index contributed by atoms with van der Waals surface area (Å²) in [7, 11) is 1.60. The van der Waals surface area contributed by atoms with Gasteiger partial charge in [-0.1, -0.05) is 19.9 Å². The van der Waals surface area contributed by atoms with Gasteiger partial charge in [0.15, 0.2) is 0 Å². The van der Waals surface area contributed by atoms with Crippen molar-refractivity contribution in [3.05, 3.63) is 24.3 Å². The Morgan fingerprint density at radius 2 is 1.83 bits per heavy atom. The third-order valence-corrected chi connectivity index (χ3v) is 7.44. The van der Waals surface area contributed by atoms with Crippen LogP contribution in [0.4, 0.5) is 5.69 Å². The van der Waals surface area contributed by atoms with Gasteiger partial charge in [-0.2, -0.15) is 0 Å². The summed E-state index contributed by atoms with van der Waals surface area (Å²) >= 11 is 0. The van der Waals surface area contributed by atoms with Gasteiger partial charge in [-0.3, -0.25) is 9.59 Å². The van der Waals surface area contributed by atoms with Gasteiger partial charge < -0.3 is 15.0 Å². The van der Waals surface area contributed by atoms with Gasteiger partial charge in [-0.25, -0.2) is 0 Å². The van der Waals surface area contributed by atoms with Crippen LogP contribution in [0, 0.1) is 22.2 Å². The summed E-state index contributed by atoms with van der Waals surface area (Å²) in [5, 5.41) is 2.91. The number of carbonyl (C=O) groups is 2. The number of methoxy groups -OCH3 is 1. The number of amides is 2. The highest BCUT2D eigenvalue weighted by molar-refractivity contribution is 5.95. The number of carbonyl (C=O) groups excluding carboxylic acids is 2. The van der Waals surface area contributed by atoms with Crippen LogP contribution in [0.25, 0.3) is 0 Å². The first-order valence-corrected chi connectivity index (χ1v) is 10.9. The second-order valence-corrected chi connectivity index (χ2v) is 10.5. The smallest absolute Gasteiger partial charge is 0.243 e. The molecule has 158 valence electrons. The second kappa shape index (κ2) is 7.03. The highest BCUT2D eigenvalue weighted by atomic mass is 16.5. The topological polar surface area (TPSA) is 58.6 Å². The van der Waals surface area contributed by atoms with Gasteiger partial charge in [-0.05, 0) is 74.3 Å². The molecule has 4 aliphatic rings. The van der Waals surface area contributed by atoms with Crippen LogP contribution in [0.3, 0.4) is 0 Å². The minimum absolute atomic E-state index is 0.104. The van der Waals surface area contributed by atoms with Crippen molar-refractivity contribution >= 4 is 17.5 Å². The number of rotatable bonds is 6. The summed E-state index contributed by atoms with van der Waals surface area (Å²) < 4.78 is 5.22. The van der Waals surface area contributed by atoms with Crippen molar-refractivity contribution < 1.29 is 14.3 Å². The van der Waals surface area contributed by atoms with Crippen LogP contribution in [0.15, 0.2) is 24.3 Å². The first kappa shape index (κ1) is 20.2. The van der Waals surface area contributed by atoms with Crippen molar-refractivity contribution in [2.75, 3.05) is 25.5 Å². The number of hydrogen-bond donors (Lipinski definition) is 1. The lowest BCUT2D eigenvalue weighted by molar-refractivity contribution is -0.179. The molecule has 1 aromatic rings. The van der Waals surface area contributed by atoms with Gasteiger partial charge >= 0.3 is 0 Å². The Balaban J connectivity index is 1.48. The molecule has 0 spiro atoms. The normalized spacial score (nSPS) is 34.7. The molecule has 2 atom stereocenters. The Hall–Kier alpha value is -2.04. The Morgan fingerprint density at radius 1 is 1.14 bits per heavy atom. The number of likely N-dealkylation sites (N-methyl/N-ethyl adjacent to an activating group) is 1. The van der Waals surface area contributed by atoms with Crippen LogP contribution in [0.5, 0.6) is 5.75 Å². The van der Waals surface area contributed by atoms with E-state index in [9.17, 15) is 9.59 Å². The zero-order valence-corrected chi connectivity index (χ0v) is 18.2. The van der Waals surface area contributed by atoms with E-state index in [-0.39, 0.29) is 34.6 Å². The van der Waals surface area contributed by atoms with Crippen molar-refractivity contribution in [3.8, 4) is 5.75 Å². The van der Waals surface area contributed by atoms with E-state index in [2.05, 4.69) is 19.2 Å². The fourth-order valence-corrected chi connectivity index (χ4v) is 7.42. The van der Waals surface area contributed by atoms with E-state index in [0.717, 1.165) is 19.3 Å². The first-order valence-electron chi connectivity index (χ1n) is 10.9. The number of hydrogen-bond acceptors (Lipinski definition) is 3. The summed E-state index contributed by atoms with van der Waals surface area (Å²) in [5.41, 5.74) is 0.987. The molecule has 5 heteroatoms. The van der Waals surface area contributed by atoms with E-state index in [1.807, 2.05) is 25.1 Å². The lowest BCUT2D eigenvalue weighted by atomic mass is 9.40. The molecule has 4 aliphatic carbocycles. The minimum Gasteiger partial charge on any atom is -0.497 e. The fourth-order valence-electron chi connectivity index (χ4n) is 7.42. The monoisotopic (exact) mass is 398 g/mol. The van der Waals surface area contributed by atoms with E-state index in [1.54, 1.807) is 18.1 Å². The van der Waals surface area contributed by atoms with Gasteiger partial charge in [0.1, 0.15) is 5.75 Å². The van der Waals surface area contributed by atoms with Crippen molar-refractivity contribution in [1.29, 1.82) is 0 Å². The van der Waals surface area contributed by atoms with Crippen molar-refractivity contribution in [3.63, 3.8) is 0 Å². The molecule has 1 N–H and O–H groups in total. The molecule has 0 aliphatic heterocycles. The second-order valence-electron chi connectivity index (χ2n) is 10.5. The maximum atomic E-state index is 13.7. The highest BCUT2D eigenvalue weighted by Crippen LogP contribution is 2.69. The van der Waals surface area contributed by atoms with Gasteiger partial charge in [0.05, 0.1) is 19.1 Å². The molecular formula is C24H34N2O3. The lowest BCUT2D eigenvalue weighted by Gasteiger charge is -2.65. The van der Waals surface area contributed by atoms with Gasteiger partial charge in [0.2, 0.25) is 11.8 Å². The van der Waals surface area contributed by atoms with Crippen molar-refractivity contribution in [2.45, 2.75) is 59.3 Å². The SMILES string of the molecule is CCN(CC(=O)Nc1cccc(OC)c1)C(=O)C12CC3CC(C)(CC(C)(C3)C1)C2. The number of nitrogens with one attached hydrogen (secondary N) is 1. The molecule has 1 aromatic carbocycles. The van der Waals surface area contributed by atoms with Gasteiger partial charge in [0.25, 0.3) is 0 Å². The number of nitrogens with zero attached hydrogens (tertiary/aromatic N) is 1. The molecule has 5 nitrogen and oxygen atoms in total. The van der Waals surface area contributed by atoms with E-state index in [1.165, 1.54) is 19.3 Å². The average Bonchev–Trinajstić information content (AvgIpc) is 2.62. The molecule has 5 rings (SSSR count). The Labute approximate surface area is 174 Å². The molecule has 0 saturated heterocycles. The molecule has 4 saturated carbocycles. The molecular weight excluding hydrogens is 364 g/mol. The third-order valence-electron chi connectivity index (χ3n) is 7.44. The number of benzene rings is 1. The average molecular weight is 399 g/mol. The number of ether oxygens (including phenoxy) is 1. The van der Waals surface area contributed by atoms with Crippen LogP contribution in [0.1, 0.15) is 59.3 Å².